The lowest BCUT2D eigenvalue weighted by atomic mass is 10.0. The maximum absolute atomic E-state index is 5.39. The molecule has 0 bridgehead atoms. The van der Waals surface area contributed by atoms with E-state index in [9.17, 15) is 0 Å². The van der Waals surface area contributed by atoms with Crippen LogP contribution in [0.25, 0.3) is 0 Å². The summed E-state index contributed by atoms with van der Waals surface area (Å²) in [7, 11) is 1.71. The van der Waals surface area contributed by atoms with Gasteiger partial charge in [0.2, 0.25) is 0 Å². The number of rotatable bonds is 4. The molecule has 2 heteroatoms. The molecule has 0 spiro atoms. The number of hydrogen-bond donors (Lipinski definition) is 0. The third-order valence-electron chi connectivity index (χ3n) is 3.10. The Morgan fingerprint density at radius 2 is 2.06 bits per heavy atom. The second-order valence-electron chi connectivity index (χ2n) is 4.41. The van der Waals surface area contributed by atoms with Crippen LogP contribution in [0.5, 0.6) is 5.75 Å². The van der Waals surface area contributed by atoms with Crippen LogP contribution >= 0.6 is 0 Å². The molecule has 0 atom stereocenters. The van der Waals surface area contributed by atoms with Crippen molar-refractivity contribution in [1.82, 2.24) is 0 Å². The second kappa shape index (κ2) is 5.17. The third-order valence-corrected chi connectivity index (χ3v) is 3.10. The molecule has 1 aliphatic heterocycles. The van der Waals surface area contributed by atoms with Crippen molar-refractivity contribution in [2.45, 2.75) is 33.1 Å². The Bertz CT molecular complexity index is 472. The van der Waals surface area contributed by atoms with Gasteiger partial charge in [0.25, 0.3) is 0 Å². The van der Waals surface area contributed by atoms with Crippen LogP contribution in [0.15, 0.2) is 40.5 Å². The van der Waals surface area contributed by atoms with Gasteiger partial charge in [0.05, 0.1) is 12.8 Å². The van der Waals surface area contributed by atoms with Crippen LogP contribution in [-0.2, 0) is 0 Å². The largest absolute Gasteiger partial charge is 0.496 e. The fraction of sp³-hybridized carbons (Fsp3) is 0.400. The summed E-state index contributed by atoms with van der Waals surface area (Å²) in [4.78, 5) is 4.75. The molecule has 0 saturated heterocycles. The smallest absolute Gasteiger partial charge is 0.127 e. The molecular weight excluding hydrogens is 210 g/mol. The summed E-state index contributed by atoms with van der Waals surface area (Å²) in [5.74, 6) is 0.914. The van der Waals surface area contributed by atoms with Gasteiger partial charge in [0.15, 0.2) is 0 Å². The van der Waals surface area contributed by atoms with Gasteiger partial charge in [-0.15, -0.1) is 0 Å². The zero-order valence-corrected chi connectivity index (χ0v) is 10.8. The molecule has 1 aromatic rings. The molecule has 0 unspecified atom stereocenters. The number of methoxy groups -OCH3 is 1. The monoisotopic (exact) mass is 229 g/mol. The summed E-state index contributed by atoms with van der Waals surface area (Å²) < 4.78 is 5.39. The lowest BCUT2D eigenvalue weighted by Gasteiger charge is -2.07. The zero-order valence-electron chi connectivity index (χ0n) is 10.8. The van der Waals surface area contributed by atoms with E-state index in [-0.39, 0.29) is 0 Å². The number of allylic oxidation sites excluding steroid dienone is 2. The Morgan fingerprint density at radius 3 is 2.76 bits per heavy atom. The molecule has 0 saturated carbocycles. The number of hydrogen-bond acceptors (Lipinski definition) is 2. The summed E-state index contributed by atoms with van der Waals surface area (Å²) in [6.07, 6.45) is 3.18. The standard InChI is InChI=1S/C15H19NO/c1-4-7-13-11(2)10-14(16-13)12-8-5-6-9-15(12)17-3/h5-6,8-9H,4,7,10H2,1-3H3. The van der Waals surface area contributed by atoms with Crippen molar-refractivity contribution in [1.29, 1.82) is 0 Å². The molecule has 0 aromatic heterocycles. The van der Waals surface area contributed by atoms with Crippen LogP contribution in [-0.4, -0.2) is 12.8 Å². The normalized spacial score (nSPS) is 15.1. The first kappa shape index (κ1) is 11.9. The summed E-state index contributed by atoms with van der Waals surface area (Å²) in [5.41, 5.74) is 4.92. The van der Waals surface area contributed by atoms with E-state index in [0.717, 1.165) is 36.3 Å². The molecule has 0 amide bonds. The molecule has 2 nitrogen and oxygen atoms in total. The fourth-order valence-corrected chi connectivity index (χ4v) is 2.20. The Morgan fingerprint density at radius 1 is 1.29 bits per heavy atom. The summed E-state index contributed by atoms with van der Waals surface area (Å²) in [5, 5.41) is 0. The molecule has 0 radical (unpaired) electrons. The lowest BCUT2D eigenvalue weighted by Crippen LogP contribution is -2.00. The summed E-state index contributed by atoms with van der Waals surface area (Å²) in [6.45, 7) is 4.37. The highest BCUT2D eigenvalue weighted by molar-refractivity contribution is 6.06. The lowest BCUT2D eigenvalue weighted by molar-refractivity contribution is 0.414. The number of aliphatic imine (C=N–C) groups is 1. The SMILES string of the molecule is CCCC1=C(C)CC(c2ccccc2OC)=N1. The minimum absolute atomic E-state index is 0.914. The Kier molecular flexibility index (Phi) is 3.62. The molecule has 0 fully saturated rings. The Hall–Kier alpha value is -1.57. The first-order valence-corrected chi connectivity index (χ1v) is 6.15. The van der Waals surface area contributed by atoms with Gasteiger partial charge in [-0.1, -0.05) is 25.5 Å². The maximum Gasteiger partial charge on any atom is 0.127 e. The van der Waals surface area contributed by atoms with Gasteiger partial charge < -0.3 is 4.74 Å². The topological polar surface area (TPSA) is 21.6 Å². The van der Waals surface area contributed by atoms with Crippen molar-refractivity contribution in [2.75, 3.05) is 7.11 Å². The number of nitrogens with zero attached hydrogens (tertiary/aromatic N) is 1. The quantitative estimate of drug-likeness (QED) is 0.765. The zero-order chi connectivity index (χ0) is 12.3. The van der Waals surface area contributed by atoms with E-state index in [1.165, 1.54) is 11.3 Å². The first-order chi connectivity index (χ1) is 8.26. The number of benzene rings is 1. The molecular formula is C15H19NO. The van der Waals surface area contributed by atoms with Gasteiger partial charge in [-0.25, -0.2) is 0 Å². The molecule has 1 heterocycles. The van der Waals surface area contributed by atoms with Crippen molar-refractivity contribution in [2.24, 2.45) is 4.99 Å². The predicted molar refractivity (Wildman–Crippen MR) is 71.8 cm³/mol. The van der Waals surface area contributed by atoms with E-state index in [1.807, 2.05) is 18.2 Å². The van der Waals surface area contributed by atoms with Crippen molar-refractivity contribution >= 4 is 5.71 Å². The van der Waals surface area contributed by atoms with E-state index in [0.29, 0.717) is 0 Å². The van der Waals surface area contributed by atoms with Crippen molar-refractivity contribution in [3.05, 3.63) is 41.1 Å². The second-order valence-corrected chi connectivity index (χ2v) is 4.41. The fourth-order valence-electron chi connectivity index (χ4n) is 2.20. The minimum Gasteiger partial charge on any atom is -0.496 e. The van der Waals surface area contributed by atoms with E-state index >= 15 is 0 Å². The molecule has 17 heavy (non-hydrogen) atoms. The van der Waals surface area contributed by atoms with Crippen molar-refractivity contribution in [3.8, 4) is 5.75 Å². The van der Waals surface area contributed by atoms with Gasteiger partial charge in [0.1, 0.15) is 5.75 Å². The Balaban J connectivity index is 2.29. The van der Waals surface area contributed by atoms with Gasteiger partial charge in [-0.05, 0) is 31.1 Å². The minimum atomic E-state index is 0.914. The Labute approximate surface area is 103 Å². The molecule has 0 N–H and O–H groups in total. The molecule has 1 aromatic carbocycles. The number of ether oxygens (including phenoxy) is 1. The molecule has 2 rings (SSSR count). The predicted octanol–water partition coefficient (Wildman–Crippen LogP) is 3.96. The molecule has 90 valence electrons. The van der Waals surface area contributed by atoms with Gasteiger partial charge in [-0.3, -0.25) is 4.99 Å². The molecule has 1 aliphatic rings. The highest BCUT2D eigenvalue weighted by Crippen LogP contribution is 2.29. The van der Waals surface area contributed by atoms with Crippen molar-refractivity contribution in [3.63, 3.8) is 0 Å². The number of para-hydroxylation sites is 1. The van der Waals surface area contributed by atoms with Crippen molar-refractivity contribution < 1.29 is 4.74 Å². The van der Waals surface area contributed by atoms with Gasteiger partial charge >= 0.3 is 0 Å². The highest BCUT2D eigenvalue weighted by Gasteiger charge is 2.17. The van der Waals surface area contributed by atoms with Crippen LogP contribution in [0.1, 0.15) is 38.7 Å². The highest BCUT2D eigenvalue weighted by atomic mass is 16.5. The van der Waals surface area contributed by atoms with Gasteiger partial charge in [0, 0.05) is 17.7 Å². The summed E-state index contributed by atoms with van der Waals surface area (Å²) >= 11 is 0. The molecule has 0 aliphatic carbocycles. The average Bonchev–Trinajstić information content (AvgIpc) is 2.71. The third kappa shape index (κ3) is 2.41. The van der Waals surface area contributed by atoms with Gasteiger partial charge in [-0.2, -0.15) is 0 Å². The summed E-state index contributed by atoms with van der Waals surface area (Å²) in [6, 6.07) is 8.10. The van der Waals surface area contributed by atoms with E-state index in [1.54, 1.807) is 7.11 Å². The van der Waals surface area contributed by atoms with Crippen LogP contribution in [0.3, 0.4) is 0 Å². The van der Waals surface area contributed by atoms with Crippen LogP contribution in [0.4, 0.5) is 0 Å². The van der Waals surface area contributed by atoms with Crippen LogP contribution in [0.2, 0.25) is 0 Å². The maximum atomic E-state index is 5.39. The van der Waals surface area contributed by atoms with Crippen LogP contribution in [0, 0.1) is 0 Å². The van der Waals surface area contributed by atoms with E-state index in [4.69, 9.17) is 9.73 Å². The van der Waals surface area contributed by atoms with E-state index < -0.39 is 0 Å². The average molecular weight is 229 g/mol. The van der Waals surface area contributed by atoms with E-state index in [2.05, 4.69) is 19.9 Å². The first-order valence-electron chi connectivity index (χ1n) is 6.15. The van der Waals surface area contributed by atoms with Crippen LogP contribution < -0.4 is 4.74 Å².